The molecular weight excluding hydrogens is 274 g/mol. The van der Waals surface area contributed by atoms with Gasteiger partial charge in [0.05, 0.1) is 6.04 Å². The molecule has 0 aromatic carbocycles. The standard InChI is InChI=1S/C14H21N3O4/c1-14(2,3)21-13(20)16-7-4-5-10(9-16)17-8-6-11(15-17)12(18)19/h6,8,10H,4-5,7,9H2,1-3H3,(H,18,19)/t10-/m0/s1. The predicted octanol–water partition coefficient (Wildman–Crippen LogP) is 2.15. The average Bonchev–Trinajstić information content (AvgIpc) is 2.86. The number of nitrogens with zero attached hydrogens (tertiary/aromatic N) is 3. The molecule has 1 fully saturated rings. The van der Waals surface area contributed by atoms with Crippen LogP contribution in [0.5, 0.6) is 0 Å². The van der Waals surface area contributed by atoms with E-state index in [2.05, 4.69) is 5.10 Å². The quantitative estimate of drug-likeness (QED) is 0.903. The topological polar surface area (TPSA) is 84.7 Å². The summed E-state index contributed by atoms with van der Waals surface area (Å²) < 4.78 is 6.99. The van der Waals surface area contributed by atoms with Gasteiger partial charge < -0.3 is 14.7 Å². The molecule has 1 aromatic heterocycles. The normalized spacial score (nSPS) is 19.4. The van der Waals surface area contributed by atoms with Crippen molar-refractivity contribution in [1.29, 1.82) is 0 Å². The van der Waals surface area contributed by atoms with Crippen LogP contribution in [0.3, 0.4) is 0 Å². The molecule has 0 spiro atoms. The zero-order valence-corrected chi connectivity index (χ0v) is 12.6. The third-order valence-electron chi connectivity index (χ3n) is 3.25. The van der Waals surface area contributed by atoms with Crippen LogP contribution in [0.1, 0.15) is 50.1 Å². The van der Waals surface area contributed by atoms with Crippen LogP contribution in [0.15, 0.2) is 12.3 Å². The van der Waals surface area contributed by atoms with Crippen LogP contribution in [-0.2, 0) is 4.74 Å². The smallest absolute Gasteiger partial charge is 0.410 e. The number of amides is 1. The zero-order chi connectivity index (χ0) is 15.6. The van der Waals surface area contributed by atoms with Crippen molar-refractivity contribution in [2.24, 2.45) is 0 Å². The Morgan fingerprint density at radius 3 is 2.71 bits per heavy atom. The molecule has 0 radical (unpaired) electrons. The van der Waals surface area contributed by atoms with Gasteiger partial charge in [-0.15, -0.1) is 0 Å². The fourth-order valence-electron chi connectivity index (χ4n) is 2.32. The van der Waals surface area contributed by atoms with Gasteiger partial charge in [-0.05, 0) is 39.7 Å². The van der Waals surface area contributed by atoms with Crippen molar-refractivity contribution in [3.8, 4) is 0 Å². The number of hydrogen-bond acceptors (Lipinski definition) is 4. The summed E-state index contributed by atoms with van der Waals surface area (Å²) in [6.45, 7) is 6.63. The van der Waals surface area contributed by atoms with Gasteiger partial charge in [0.25, 0.3) is 0 Å². The minimum atomic E-state index is -1.05. The lowest BCUT2D eigenvalue weighted by atomic mass is 10.1. The molecule has 0 saturated carbocycles. The predicted molar refractivity (Wildman–Crippen MR) is 75.3 cm³/mol. The second-order valence-corrected chi connectivity index (χ2v) is 6.21. The molecule has 0 bridgehead atoms. The molecule has 1 atom stereocenters. The number of carbonyl (C=O) groups is 2. The summed E-state index contributed by atoms with van der Waals surface area (Å²) in [5, 5.41) is 12.9. The summed E-state index contributed by atoms with van der Waals surface area (Å²) in [4.78, 5) is 24.6. The summed E-state index contributed by atoms with van der Waals surface area (Å²) in [5.41, 5.74) is -0.504. The Balaban J connectivity index is 2.03. The molecule has 116 valence electrons. The fraction of sp³-hybridized carbons (Fsp3) is 0.643. The van der Waals surface area contributed by atoms with Gasteiger partial charge in [-0.1, -0.05) is 0 Å². The van der Waals surface area contributed by atoms with Crippen molar-refractivity contribution in [2.75, 3.05) is 13.1 Å². The molecule has 7 nitrogen and oxygen atoms in total. The van der Waals surface area contributed by atoms with Crippen LogP contribution in [0, 0.1) is 0 Å². The molecule has 1 aliphatic heterocycles. The molecule has 1 saturated heterocycles. The zero-order valence-electron chi connectivity index (χ0n) is 12.6. The Bertz CT molecular complexity index is 533. The second-order valence-electron chi connectivity index (χ2n) is 6.21. The first-order valence-electron chi connectivity index (χ1n) is 7.02. The number of hydrogen-bond donors (Lipinski definition) is 1. The minimum Gasteiger partial charge on any atom is -0.476 e. The first-order chi connectivity index (χ1) is 9.76. The van der Waals surface area contributed by atoms with Gasteiger partial charge in [0.2, 0.25) is 0 Å². The van der Waals surface area contributed by atoms with Crippen molar-refractivity contribution < 1.29 is 19.4 Å². The van der Waals surface area contributed by atoms with Crippen LogP contribution in [0.25, 0.3) is 0 Å². The van der Waals surface area contributed by atoms with E-state index in [-0.39, 0.29) is 17.8 Å². The molecule has 1 aromatic rings. The molecule has 2 rings (SSSR count). The maximum Gasteiger partial charge on any atom is 0.410 e. The highest BCUT2D eigenvalue weighted by Crippen LogP contribution is 2.22. The molecule has 1 N–H and O–H groups in total. The van der Waals surface area contributed by atoms with Gasteiger partial charge in [-0.25, -0.2) is 9.59 Å². The van der Waals surface area contributed by atoms with E-state index in [4.69, 9.17) is 9.84 Å². The molecule has 2 heterocycles. The average molecular weight is 295 g/mol. The van der Waals surface area contributed by atoms with Crippen LogP contribution in [0.2, 0.25) is 0 Å². The Hall–Kier alpha value is -2.05. The van der Waals surface area contributed by atoms with E-state index in [0.29, 0.717) is 13.1 Å². The number of carbonyl (C=O) groups excluding carboxylic acids is 1. The monoisotopic (exact) mass is 295 g/mol. The van der Waals surface area contributed by atoms with E-state index < -0.39 is 11.6 Å². The van der Waals surface area contributed by atoms with Crippen LogP contribution >= 0.6 is 0 Å². The summed E-state index contributed by atoms with van der Waals surface area (Å²) in [5.74, 6) is -1.05. The molecule has 1 aliphatic rings. The summed E-state index contributed by atoms with van der Waals surface area (Å²) in [6.07, 6.45) is 3.01. The SMILES string of the molecule is CC(C)(C)OC(=O)N1CCC[C@H](n2ccc(C(=O)O)n2)C1. The van der Waals surface area contributed by atoms with Crippen molar-refractivity contribution in [3.63, 3.8) is 0 Å². The Kier molecular flexibility index (Phi) is 4.20. The van der Waals surface area contributed by atoms with E-state index in [0.717, 1.165) is 12.8 Å². The molecule has 7 heteroatoms. The van der Waals surface area contributed by atoms with Crippen molar-refractivity contribution in [3.05, 3.63) is 18.0 Å². The number of rotatable bonds is 2. The second kappa shape index (κ2) is 5.75. The van der Waals surface area contributed by atoms with E-state index in [1.807, 2.05) is 20.8 Å². The third kappa shape index (κ3) is 3.96. The van der Waals surface area contributed by atoms with Crippen molar-refractivity contribution >= 4 is 12.1 Å². The largest absolute Gasteiger partial charge is 0.476 e. The number of ether oxygens (including phenoxy) is 1. The lowest BCUT2D eigenvalue weighted by molar-refractivity contribution is 0.0166. The lowest BCUT2D eigenvalue weighted by Gasteiger charge is -2.34. The van der Waals surface area contributed by atoms with Crippen molar-refractivity contribution in [1.82, 2.24) is 14.7 Å². The van der Waals surface area contributed by atoms with Gasteiger partial charge >= 0.3 is 12.1 Å². The molecule has 1 amide bonds. The fourth-order valence-corrected chi connectivity index (χ4v) is 2.32. The van der Waals surface area contributed by atoms with Gasteiger partial charge in [0.1, 0.15) is 5.60 Å². The van der Waals surface area contributed by atoms with Gasteiger partial charge in [-0.3, -0.25) is 4.68 Å². The molecule has 21 heavy (non-hydrogen) atoms. The molecule has 0 aliphatic carbocycles. The minimum absolute atomic E-state index is 0.0145. The molecular formula is C14H21N3O4. The number of aromatic carboxylic acids is 1. The maximum atomic E-state index is 12.1. The summed E-state index contributed by atoms with van der Waals surface area (Å²) in [7, 11) is 0. The number of likely N-dealkylation sites (tertiary alicyclic amines) is 1. The highest BCUT2D eigenvalue weighted by molar-refractivity contribution is 5.85. The first kappa shape index (κ1) is 15.3. The van der Waals surface area contributed by atoms with E-state index in [1.165, 1.54) is 6.07 Å². The summed E-state index contributed by atoms with van der Waals surface area (Å²) >= 11 is 0. The number of piperidine rings is 1. The van der Waals surface area contributed by atoms with Crippen LogP contribution < -0.4 is 0 Å². The highest BCUT2D eigenvalue weighted by Gasteiger charge is 2.29. The highest BCUT2D eigenvalue weighted by atomic mass is 16.6. The lowest BCUT2D eigenvalue weighted by Crippen LogP contribution is -2.43. The van der Waals surface area contributed by atoms with Gasteiger partial charge in [0.15, 0.2) is 5.69 Å². The van der Waals surface area contributed by atoms with Crippen LogP contribution in [0.4, 0.5) is 4.79 Å². The van der Waals surface area contributed by atoms with Gasteiger partial charge in [0, 0.05) is 19.3 Å². The van der Waals surface area contributed by atoms with Gasteiger partial charge in [-0.2, -0.15) is 5.10 Å². The van der Waals surface area contributed by atoms with E-state index in [9.17, 15) is 9.59 Å². The Morgan fingerprint density at radius 1 is 1.43 bits per heavy atom. The first-order valence-corrected chi connectivity index (χ1v) is 7.02. The maximum absolute atomic E-state index is 12.1. The van der Waals surface area contributed by atoms with E-state index in [1.54, 1.807) is 15.8 Å². The number of carboxylic acid groups (broad SMARTS) is 1. The number of carboxylic acids is 1. The van der Waals surface area contributed by atoms with Crippen LogP contribution in [-0.4, -0.2) is 50.5 Å². The van der Waals surface area contributed by atoms with E-state index >= 15 is 0 Å². The Morgan fingerprint density at radius 2 is 2.14 bits per heavy atom. The molecule has 0 unspecified atom stereocenters. The van der Waals surface area contributed by atoms with Crippen molar-refractivity contribution in [2.45, 2.75) is 45.3 Å². The summed E-state index contributed by atoms with van der Waals surface area (Å²) in [6, 6.07) is 1.45. The third-order valence-corrected chi connectivity index (χ3v) is 3.25. The Labute approximate surface area is 123 Å². The number of aromatic nitrogens is 2.